The van der Waals surface area contributed by atoms with Gasteiger partial charge in [-0.2, -0.15) is 13.2 Å². The van der Waals surface area contributed by atoms with Gasteiger partial charge in [0.15, 0.2) is 11.5 Å². The first kappa shape index (κ1) is 16.7. The van der Waals surface area contributed by atoms with Crippen molar-refractivity contribution in [3.8, 4) is 17.2 Å². The summed E-state index contributed by atoms with van der Waals surface area (Å²) in [6, 6.07) is 2.98. The molecule has 2 aliphatic rings. The van der Waals surface area contributed by atoms with Crippen molar-refractivity contribution in [3.05, 3.63) is 17.7 Å². The van der Waals surface area contributed by atoms with E-state index in [0.29, 0.717) is 43.4 Å². The maximum atomic E-state index is 12.9. The number of hydrogen-bond donors (Lipinski definition) is 0. The Hall–Kier alpha value is -2.12. The van der Waals surface area contributed by atoms with Crippen molar-refractivity contribution in [2.45, 2.75) is 19.0 Å². The normalized spacial score (nSPS) is 20.7. The zero-order valence-corrected chi connectivity index (χ0v) is 13.2. The Kier molecular flexibility index (Phi) is 4.47. The van der Waals surface area contributed by atoms with Gasteiger partial charge in [-0.05, 0) is 25.0 Å². The van der Waals surface area contributed by atoms with E-state index in [1.165, 1.54) is 24.1 Å². The van der Waals surface area contributed by atoms with Gasteiger partial charge in [0.1, 0.15) is 13.2 Å². The van der Waals surface area contributed by atoms with Crippen LogP contribution in [0, 0.1) is 5.92 Å². The Labute approximate surface area is 137 Å². The number of amides is 1. The van der Waals surface area contributed by atoms with Crippen LogP contribution in [0.3, 0.4) is 0 Å². The third-order valence-corrected chi connectivity index (χ3v) is 4.25. The van der Waals surface area contributed by atoms with E-state index >= 15 is 0 Å². The van der Waals surface area contributed by atoms with Gasteiger partial charge in [-0.1, -0.05) is 0 Å². The van der Waals surface area contributed by atoms with Gasteiger partial charge in [-0.3, -0.25) is 4.79 Å². The van der Waals surface area contributed by atoms with Gasteiger partial charge >= 0.3 is 6.18 Å². The molecule has 0 saturated carbocycles. The predicted octanol–water partition coefficient (Wildman–Crippen LogP) is 2.88. The maximum absolute atomic E-state index is 12.9. The second-order valence-electron chi connectivity index (χ2n) is 5.83. The highest BCUT2D eigenvalue weighted by Crippen LogP contribution is 2.41. The third-order valence-electron chi connectivity index (χ3n) is 4.25. The number of likely N-dealkylation sites (tertiary alicyclic amines) is 1. The van der Waals surface area contributed by atoms with Crippen LogP contribution >= 0.6 is 0 Å². The van der Waals surface area contributed by atoms with Crippen LogP contribution in [0.4, 0.5) is 13.2 Å². The Bertz CT molecular complexity index is 615. The number of benzene rings is 1. The summed E-state index contributed by atoms with van der Waals surface area (Å²) in [7, 11) is 1.43. The van der Waals surface area contributed by atoms with E-state index in [4.69, 9.17) is 14.2 Å². The van der Waals surface area contributed by atoms with Crippen LogP contribution in [-0.2, 0) is 0 Å². The molecule has 1 saturated heterocycles. The molecule has 2 aliphatic heterocycles. The Morgan fingerprint density at radius 3 is 2.75 bits per heavy atom. The van der Waals surface area contributed by atoms with E-state index in [1.807, 2.05) is 0 Å². The van der Waals surface area contributed by atoms with Gasteiger partial charge in [0, 0.05) is 18.7 Å². The first-order chi connectivity index (χ1) is 11.4. The van der Waals surface area contributed by atoms with Gasteiger partial charge in [-0.25, -0.2) is 0 Å². The number of rotatable bonds is 2. The Balaban J connectivity index is 1.84. The first-order valence-electron chi connectivity index (χ1n) is 7.73. The van der Waals surface area contributed by atoms with Crippen molar-refractivity contribution in [1.29, 1.82) is 0 Å². The number of fused-ring (bicyclic) bond motifs is 1. The molecule has 0 aromatic heterocycles. The minimum absolute atomic E-state index is 0.0533. The molecule has 1 aromatic carbocycles. The average molecular weight is 345 g/mol. The van der Waals surface area contributed by atoms with Crippen LogP contribution in [0.2, 0.25) is 0 Å². The second kappa shape index (κ2) is 6.41. The lowest BCUT2D eigenvalue weighted by atomic mass is 9.97. The molecule has 3 rings (SSSR count). The van der Waals surface area contributed by atoms with Crippen molar-refractivity contribution >= 4 is 5.91 Å². The number of nitrogens with zero attached hydrogens (tertiary/aromatic N) is 1. The number of carbonyl (C=O) groups is 1. The van der Waals surface area contributed by atoms with Gasteiger partial charge in [0.25, 0.3) is 5.91 Å². The van der Waals surface area contributed by atoms with E-state index in [2.05, 4.69) is 0 Å². The summed E-state index contributed by atoms with van der Waals surface area (Å²) >= 11 is 0. The van der Waals surface area contributed by atoms with Crippen LogP contribution in [0.1, 0.15) is 23.2 Å². The van der Waals surface area contributed by atoms with E-state index in [9.17, 15) is 18.0 Å². The highest BCUT2D eigenvalue weighted by Gasteiger charge is 2.42. The van der Waals surface area contributed by atoms with Crippen molar-refractivity contribution < 1.29 is 32.2 Å². The van der Waals surface area contributed by atoms with E-state index in [-0.39, 0.29) is 18.5 Å². The van der Waals surface area contributed by atoms with Crippen molar-refractivity contribution in [2.75, 3.05) is 33.4 Å². The average Bonchev–Trinajstić information content (AvgIpc) is 2.59. The Morgan fingerprint density at radius 1 is 1.29 bits per heavy atom. The highest BCUT2D eigenvalue weighted by molar-refractivity contribution is 5.95. The number of piperidine rings is 1. The third kappa shape index (κ3) is 3.22. The molecule has 1 fully saturated rings. The quantitative estimate of drug-likeness (QED) is 0.827. The SMILES string of the molecule is COc1cc(C(=O)N2CCC[C@H](C(F)(F)F)C2)cc2c1OCCO2. The number of carbonyl (C=O) groups excluding carboxylic acids is 1. The summed E-state index contributed by atoms with van der Waals surface area (Å²) < 4.78 is 54.9. The number of halogens is 3. The number of methoxy groups -OCH3 is 1. The summed E-state index contributed by atoms with van der Waals surface area (Å²) in [6.45, 7) is 0.699. The van der Waals surface area contributed by atoms with Gasteiger partial charge in [-0.15, -0.1) is 0 Å². The minimum atomic E-state index is -4.29. The van der Waals surface area contributed by atoms with Crippen molar-refractivity contribution in [1.82, 2.24) is 4.90 Å². The molecule has 1 atom stereocenters. The molecular formula is C16H18F3NO4. The monoisotopic (exact) mass is 345 g/mol. The molecule has 0 spiro atoms. The zero-order chi connectivity index (χ0) is 17.3. The molecule has 2 heterocycles. The highest BCUT2D eigenvalue weighted by atomic mass is 19.4. The van der Waals surface area contributed by atoms with Crippen LogP contribution in [0.15, 0.2) is 12.1 Å². The van der Waals surface area contributed by atoms with Crippen molar-refractivity contribution in [2.24, 2.45) is 5.92 Å². The summed E-state index contributed by atoms with van der Waals surface area (Å²) in [5, 5.41) is 0. The Morgan fingerprint density at radius 2 is 2.04 bits per heavy atom. The molecule has 132 valence electrons. The molecular weight excluding hydrogens is 327 g/mol. The minimum Gasteiger partial charge on any atom is -0.493 e. The smallest absolute Gasteiger partial charge is 0.393 e. The van der Waals surface area contributed by atoms with Gasteiger partial charge < -0.3 is 19.1 Å². The molecule has 1 aromatic rings. The topological polar surface area (TPSA) is 48.0 Å². The maximum Gasteiger partial charge on any atom is 0.393 e. The standard InChI is InChI=1S/C16H18F3NO4/c1-22-12-7-10(8-13-14(12)24-6-5-23-13)15(21)20-4-2-3-11(9-20)16(17,18)19/h7-8,11H,2-6,9H2,1H3/t11-/m0/s1. The second-order valence-corrected chi connectivity index (χ2v) is 5.83. The first-order valence-corrected chi connectivity index (χ1v) is 7.73. The number of hydrogen-bond acceptors (Lipinski definition) is 4. The lowest BCUT2D eigenvalue weighted by Gasteiger charge is -2.34. The van der Waals surface area contributed by atoms with Gasteiger partial charge in [0.05, 0.1) is 13.0 Å². The molecule has 0 unspecified atom stereocenters. The van der Waals surface area contributed by atoms with Crippen LogP contribution in [0.25, 0.3) is 0 Å². The summed E-state index contributed by atoms with van der Waals surface area (Å²) in [4.78, 5) is 13.9. The van der Waals surface area contributed by atoms with Crippen LogP contribution < -0.4 is 14.2 Å². The molecule has 24 heavy (non-hydrogen) atoms. The van der Waals surface area contributed by atoms with E-state index < -0.39 is 18.0 Å². The van der Waals surface area contributed by atoms with Crippen LogP contribution in [-0.4, -0.2) is 50.4 Å². The largest absolute Gasteiger partial charge is 0.493 e. The fourth-order valence-corrected chi connectivity index (χ4v) is 3.01. The fraction of sp³-hybridized carbons (Fsp3) is 0.562. The lowest BCUT2D eigenvalue weighted by Crippen LogP contribution is -2.44. The summed E-state index contributed by atoms with van der Waals surface area (Å²) in [5.41, 5.74) is 0.235. The van der Waals surface area contributed by atoms with Gasteiger partial charge in [0.2, 0.25) is 5.75 Å². The fourth-order valence-electron chi connectivity index (χ4n) is 3.01. The van der Waals surface area contributed by atoms with Crippen molar-refractivity contribution in [3.63, 3.8) is 0 Å². The molecule has 5 nitrogen and oxygen atoms in total. The zero-order valence-electron chi connectivity index (χ0n) is 13.2. The number of ether oxygens (including phenoxy) is 3. The van der Waals surface area contributed by atoms with E-state index in [0.717, 1.165) is 0 Å². The molecule has 8 heteroatoms. The molecule has 0 bridgehead atoms. The molecule has 0 aliphatic carbocycles. The molecule has 0 N–H and O–H groups in total. The molecule has 0 radical (unpaired) electrons. The van der Waals surface area contributed by atoms with E-state index in [1.54, 1.807) is 0 Å². The molecule has 1 amide bonds. The summed E-state index contributed by atoms with van der Waals surface area (Å²) in [5.74, 6) is -0.825. The number of alkyl halides is 3. The predicted molar refractivity (Wildman–Crippen MR) is 78.7 cm³/mol. The lowest BCUT2D eigenvalue weighted by molar-refractivity contribution is -0.184. The summed E-state index contributed by atoms with van der Waals surface area (Å²) in [6.07, 6.45) is -3.90. The van der Waals surface area contributed by atoms with Crippen LogP contribution in [0.5, 0.6) is 17.2 Å².